The van der Waals surface area contributed by atoms with Crippen LogP contribution in [-0.4, -0.2) is 65.7 Å². The number of piperidine rings is 1. The van der Waals surface area contributed by atoms with Crippen LogP contribution in [0.25, 0.3) is 0 Å². The predicted octanol–water partition coefficient (Wildman–Crippen LogP) is 3.82. The third-order valence-electron chi connectivity index (χ3n) is 5.45. The first kappa shape index (κ1) is 23.4. The molecule has 3 rings (SSSR count). The SMILES string of the molecule is CC(C)(C)OC(=O)N1CCC(CN2CCC(NC(=O)Nc3ccc(Br)cc3)C2=O)CC1. The smallest absolute Gasteiger partial charge is 0.410 e. The molecule has 2 N–H and O–H groups in total. The van der Waals surface area contributed by atoms with Crippen LogP contribution in [0.3, 0.4) is 0 Å². The van der Waals surface area contributed by atoms with E-state index >= 15 is 0 Å². The van der Waals surface area contributed by atoms with Crippen molar-refractivity contribution < 1.29 is 19.1 Å². The Morgan fingerprint density at radius 3 is 2.35 bits per heavy atom. The standard InChI is InChI=1S/C22H31BrN4O4/c1-22(2,3)31-21(30)26-11-8-15(9-12-26)14-27-13-10-18(19(27)28)25-20(29)24-17-6-4-16(23)5-7-17/h4-7,15,18H,8-14H2,1-3H3,(H2,24,25,29). The first-order valence-corrected chi connectivity index (χ1v) is 11.5. The Labute approximate surface area is 191 Å². The zero-order valence-electron chi connectivity index (χ0n) is 18.3. The normalized spacial score (nSPS) is 20.0. The van der Waals surface area contributed by atoms with Gasteiger partial charge in [0.05, 0.1) is 0 Å². The summed E-state index contributed by atoms with van der Waals surface area (Å²) in [6, 6.07) is 6.37. The van der Waals surface area contributed by atoms with Gasteiger partial charge in [0.15, 0.2) is 0 Å². The highest BCUT2D eigenvalue weighted by Gasteiger charge is 2.35. The molecule has 0 spiro atoms. The number of rotatable bonds is 4. The van der Waals surface area contributed by atoms with Crippen LogP contribution in [0.2, 0.25) is 0 Å². The zero-order chi connectivity index (χ0) is 22.6. The monoisotopic (exact) mass is 494 g/mol. The Bertz CT molecular complexity index is 801. The van der Waals surface area contributed by atoms with Crippen molar-refractivity contribution in [3.05, 3.63) is 28.7 Å². The lowest BCUT2D eigenvalue weighted by Gasteiger charge is -2.34. The van der Waals surface area contributed by atoms with Gasteiger partial charge in [-0.05, 0) is 70.2 Å². The molecule has 1 unspecified atom stereocenters. The van der Waals surface area contributed by atoms with Crippen LogP contribution in [0.5, 0.6) is 0 Å². The summed E-state index contributed by atoms with van der Waals surface area (Å²) in [5.41, 5.74) is 0.168. The van der Waals surface area contributed by atoms with Crippen molar-refractivity contribution in [1.29, 1.82) is 0 Å². The Balaban J connectivity index is 1.42. The van der Waals surface area contributed by atoms with Crippen LogP contribution in [0, 0.1) is 5.92 Å². The molecule has 8 nitrogen and oxygen atoms in total. The van der Waals surface area contributed by atoms with E-state index in [9.17, 15) is 14.4 Å². The van der Waals surface area contributed by atoms with Crippen LogP contribution >= 0.6 is 15.9 Å². The summed E-state index contributed by atoms with van der Waals surface area (Å²) in [5, 5.41) is 5.53. The van der Waals surface area contributed by atoms with Gasteiger partial charge in [0.1, 0.15) is 11.6 Å². The maximum absolute atomic E-state index is 12.7. The number of amides is 4. The fourth-order valence-corrected chi connectivity index (χ4v) is 4.11. The van der Waals surface area contributed by atoms with E-state index in [-0.39, 0.29) is 18.0 Å². The van der Waals surface area contributed by atoms with Gasteiger partial charge in [0, 0.05) is 36.3 Å². The van der Waals surface area contributed by atoms with Crippen molar-refractivity contribution in [3.8, 4) is 0 Å². The van der Waals surface area contributed by atoms with E-state index < -0.39 is 11.6 Å². The maximum Gasteiger partial charge on any atom is 0.410 e. The molecule has 170 valence electrons. The molecule has 4 amide bonds. The number of carbonyl (C=O) groups is 3. The van der Waals surface area contributed by atoms with E-state index in [1.54, 1.807) is 17.0 Å². The molecule has 0 radical (unpaired) electrons. The lowest BCUT2D eigenvalue weighted by atomic mass is 9.96. The van der Waals surface area contributed by atoms with Crippen LogP contribution in [-0.2, 0) is 9.53 Å². The van der Waals surface area contributed by atoms with E-state index in [2.05, 4.69) is 26.6 Å². The summed E-state index contributed by atoms with van der Waals surface area (Å²) in [4.78, 5) is 40.7. The number of ether oxygens (including phenoxy) is 1. The van der Waals surface area contributed by atoms with Crippen molar-refractivity contribution in [2.75, 3.05) is 31.5 Å². The van der Waals surface area contributed by atoms with Crippen molar-refractivity contribution >= 4 is 39.6 Å². The number of hydrogen-bond acceptors (Lipinski definition) is 4. The van der Waals surface area contributed by atoms with E-state index in [0.29, 0.717) is 44.2 Å². The summed E-state index contributed by atoms with van der Waals surface area (Å²) in [6.07, 6.45) is 2.00. The van der Waals surface area contributed by atoms with Crippen LogP contribution < -0.4 is 10.6 Å². The number of likely N-dealkylation sites (tertiary alicyclic amines) is 2. The van der Waals surface area contributed by atoms with Gasteiger partial charge in [0.25, 0.3) is 0 Å². The van der Waals surface area contributed by atoms with Crippen molar-refractivity contribution in [1.82, 2.24) is 15.1 Å². The second-order valence-corrected chi connectivity index (χ2v) is 10.1. The first-order valence-electron chi connectivity index (χ1n) is 10.7. The quantitative estimate of drug-likeness (QED) is 0.665. The summed E-state index contributed by atoms with van der Waals surface area (Å²) in [5.74, 6) is 0.304. The average molecular weight is 495 g/mol. The van der Waals surface area contributed by atoms with E-state index in [4.69, 9.17) is 4.74 Å². The van der Waals surface area contributed by atoms with Crippen LogP contribution in [0.4, 0.5) is 15.3 Å². The number of nitrogens with one attached hydrogen (secondary N) is 2. The van der Waals surface area contributed by atoms with E-state index in [0.717, 1.165) is 17.3 Å². The maximum atomic E-state index is 12.7. The van der Waals surface area contributed by atoms with Gasteiger partial charge in [0.2, 0.25) is 5.91 Å². The van der Waals surface area contributed by atoms with Gasteiger partial charge in [-0.25, -0.2) is 9.59 Å². The molecule has 2 saturated heterocycles. The van der Waals surface area contributed by atoms with Gasteiger partial charge < -0.3 is 25.2 Å². The van der Waals surface area contributed by atoms with Crippen molar-refractivity contribution in [3.63, 3.8) is 0 Å². The molecule has 0 aromatic heterocycles. The summed E-state index contributed by atoms with van der Waals surface area (Å²) in [6.45, 7) is 8.15. The molecule has 9 heteroatoms. The fourth-order valence-electron chi connectivity index (χ4n) is 3.85. The van der Waals surface area contributed by atoms with Gasteiger partial charge in [-0.1, -0.05) is 15.9 Å². The molecule has 2 aliphatic rings. The van der Waals surface area contributed by atoms with Crippen LogP contribution in [0.15, 0.2) is 28.7 Å². The Hall–Kier alpha value is -2.29. The lowest BCUT2D eigenvalue weighted by molar-refractivity contribution is -0.130. The Morgan fingerprint density at radius 1 is 1.10 bits per heavy atom. The highest BCUT2D eigenvalue weighted by molar-refractivity contribution is 9.10. The molecule has 0 bridgehead atoms. The molecule has 2 heterocycles. The predicted molar refractivity (Wildman–Crippen MR) is 122 cm³/mol. The molecular weight excluding hydrogens is 464 g/mol. The number of nitrogens with zero attached hydrogens (tertiary/aromatic N) is 2. The second-order valence-electron chi connectivity index (χ2n) is 9.14. The number of urea groups is 1. The highest BCUT2D eigenvalue weighted by Crippen LogP contribution is 2.23. The zero-order valence-corrected chi connectivity index (χ0v) is 19.9. The average Bonchev–Trinajstić information content (AvgIpc) is 3.02. The number of halogens is 1. The molecule has 2 fully saturated rings. The molecule has 2 aliphatic heterocycles. The summed E-state index contributed by atoms with van der Waals surface area (Å²) >= 11 is 3.36. The van der Waals surface area contributed by atoms with Crippen molar-refractivity contribution in [2.24, 2.45) is 5.92 Å². The summed E-state index contributed by atoms with van der Waals surface area (Å²) in [7, 11) is 0. The molecule has 1 aromatic rings. The highest BCUT2D eigenvalue weighted by atomic mass is 79.9. The minimum Gasteiger partial charge on any atom is -0.444 e. The Morgan fingerprint density at radius 2 is 1.74 bits per heavy atom. The molecule has 31 heavy (non-hydrogen) atoms. The third-order valence-corrected chi connectivity index (χ3v) is 5.98. The number of benzene rings is 1. The first-order chi connectivity index (χ1) is 14.6. The lowest BCUT2D eigenvalue weighted by Crippen LogP contribution is -2.46. The van der Waals surface area contributed by atoms with Crippen molar-refractivity contribution in [2.45, 2.75) is 51.7 Å². The molecule has 0 saturated carbocycles. The van der Waals surface area contributed by atoms with E-state index in [1.165, 1.54) is 0 Å². The Kier molecular flexibility index (Phi) is 7.46. The molecule has 0 aliphatic carbocycles. The van der Waals surface area contributed by atoms with Gasteiger partial charge in [-0.2, -0.15) is 0 Å². The summed E-state index contributed by atoms with van der Waals surface area (Å²) < 4.78 is 6.36. The topological polar surface area (TPSA) is 91.0 Å². The molecule has 1 aromatic carbocycles. The second kappa shape index (κ2) is 9.89. The minimum absolute atomic E-state index is 0.0412. The number of hydrogen-bond donors (Lipinski definition) is 2. The number of carbonyl (C=O) groups excluding carboxylic acids is 3. The van der Waals surface area contributed by atoms with Crippen LogP contribution in [0.1, 0.15) is 40.0 Å². The largest absolute Gasteiger partial charge is 0.444 e. The van der Waals surface area contributed by atoms with Gasteiger partial charge in [-0.3, -0.25) is 4.79 Å². The molecular formula is C22H31BrN4O4. The molecule has 1 atom stereocenters. The third kappa shape index (κ3) is 6.85. The minimum atomic E-state index is -0.502. The fraction of sp³-hybridized carbons (Fsp3) is 0.591. The van der Waals surface area contributed by atoms with Gasteiger partial charge >= 0.3 is 12.1 Å². The van der Waals surface area contributed by atoms with E-state index in [1.807, 2.05) is 37.8 Å². The number of anilines is 1. The van der Waals surface area contributed by atoms with Gasteiger partial charge in [-0.15, -0.1) is 0 Å².